The number of amides is 2. The van der Waals surface area contributed by atoms with Crippen molar-refractivity contribution in [2.24, 2.45) is 0 Å². The first-order valence-electron chi connectivity index (χ1n) is 9.47. The number of ether oxygens (including phenoxy) is 2. The molecule has 2 amide bonds. The second kappa shape index (κ2) is 11.3. The Hall–Kier alpha value is -2.73. The Morgan fingerprint density at radius 3 is 2.52 bits per heavy atom. The minimum atomic E-state index is -0.587. The van der Waals surface area contributed by atoms with Crippen molar-refractivity contribution < 1.29 is 19.1 Å². The first-order valence-corrected chi connectivity index (χ1v) is 9.84. The summed E-state index contributed by atoms with van der Waals surface area (Å²) in [6.07, 6.45) is 0.815. The minimum absolute atomic E-state index is 0.108. The maximum atomic E-state index is 12.9. The molecule has 0 saturated heterocycles. The van der Waals surface area contributed by atoms with Crippen LogP contribution in [0, 0.1) is 0 Å². The summed E-state index contributed by atoms with van der Waals surface area (Å²) in [5.41, 5.74) is 0.894. The second-order valence-corrected chi connectivity index (χ2v) is 7.01. The quantitative estimate of drug-likeness (QED) is 0.598. The first kappa shape index (κ1) is 22.6. The van der Waals surface area contributed by atoms with Gasteiger partial charge in [-0.25, -0.2) is 0 Å². The van der Waals surface area contributed by atoms with Crippen molar-refractivity contribution in [3.05, 3.63) is 59.1 Å². The Morgan fingerprint density at radius 2 is 1.86 bits per heavy atom. The predicted octanol–water partition coefficient (Wildman–Crippen LogP) is 3.67. The number of hydrogen-bond donors (Lipinski definition) is 1. The van der Waals surface area contributed by atoms with Crippen molar-refractivity contribution in [2.75, 3.05) is 20.8 Å². The lowest BCUT2D eigenvalue weighted by molar-refractivity contribution is -0.140. The van der Waals surface area contributed by atoms with Gasteiger partial charge < -0.3 is 19.7 Å². The average Bonchev–Trinajstić information content (AvgIpc) is 2.75. The Labute approximate surface area is 176 Å². The Balaban J connectivity index is 1.97. The molecular weight excluding hydrogens is 392 g/mol. The number of rotatable bonds is 10. The van der Waals surface area contributed by atoms with Crippen LogP contribution in [0.1, 0.15) is 25.3 Å². The van der Waals surface area contributed by atoms with Crippen LogP contribution in [0.4, 0.5) is 0 Å². The molecule has 0 spiro atoms. The van der Waals surface area contributed by atoms with Crippen molar-refractivity contribution in [2.45, 2.75) is 32.4 Å². The third-order valence-electron chi connectivity index (χ3n) is 4.52. The van der Waals surface area contributed by atoms with Gasteiger partial charge in [-0.05, 0) is 55.3 Å². The molecule has 6 nitrogen and oxygen atoms in total. The molecule has 0 aliphatic rings. The van der Waals surface area contributed by atoms with E-state index in [-0.39, 0.29) is 18.2 Å². The third-order valence-corrected chi connectivity index (χ3v) is 4.77. The number of benzene rings is 2. The fourth-order valence-corrected chi connectivity index (χ4v) is 2.97. The lowest BCUT2D eigenvalue weighted by atomic mass is 10.1. The topological polar surface area (TPSA) is 67.9 Å². The van der Waals surface area contributed by atoms with E-state index in [1.807, 2.05) is 24.3 Å². The molecule has 1 N–H and O–H groups in total. The van der Waals surface area contributed by atoms with Crippen LogP contribution in [0.15, 0.2) is 48.5 Å². The number of nitrogens with one attached hydrogen (secondary N) is 1. The Morgan fingerprint density at radius 1 is 1.14 bits per heavy atom. The highest BCUT2D eigenvalue weighted by molar-refractivity contribution is 6.30. The fraction of sp³-hybridized carbons (Fsp3) is 0.364. The van der Waals surface area contributed by atoms with Gasteiger partial charge in [0, 0.05) is 25.0 Å². The lowest BCUT2D eigenvalue weighted by Crippen LogP contribution is -2.46. The van der Waals surface area contributed by atoms with Gasteiger partial charge in [0.1, 0.15) is 17.5 Å². The predicted molar refractivity (Wildman–Crippen MR) is 113 cm³/mol. The Bertz CT molecular complexity index is 811. The van der Waals surface area contributed by atoms with Crippen LogP contribution in [-0.4, -0.2) is 43.5 Å². The van der Waals surface area contributed by atoms with E-state index in [1.165, 1.54) is 0 Å². The van der Waals surface area contributed by atoms with Gasteiger partial charge in [-0.2, -0.15) is 0 Å². The molecule has 2 aromatic carbocycles. The molecule has 0 bridgehead atoms. The highest BCUT2D eigenvalue weighted by Crippen LogP contribution is 2.18. The zero-order valence-corrected chi connectivity index (χ0v) is 17.7. The zero-order valence-electron chi connectivity index (χ0n) is 17.0. The standard InChI is InChI=1S/C22H27ClN2O4/c1-16(22(27)24-2)25(15-17-6-4-7-20(14-17)28-3)21(26)8-5-13-29-19-11-9-18(23)10-12-19/h4,6-7,9-12,14,16H,5,8,13,15H2,1-3H3,(H,24,27). The van der Waals surface area contributed by atoms with Crippen LogP contribution < -0.4 is 14.8 Å². The van der Waals surface area contributed by atoms with E-state index in [9.17, 15) is 9.59 Å². The molecule has 1 atom stereocenters. The van der Waals surface area contributed by atoms with Gasteiger partial charge in [0.2, 0.25) is 11.8 Å². The summed E-state index contributed by atoms with van der Waals surface area (Å²) in [7, 11) is 3.16. The van der Waals surface area contributed by atoms with E-state index in [4.69, 9.17) is 21.1 Å². The molecular formula is C22H27ClN2O4. The average molecular weight is 419 g/mol. The van der Waals surface area contributed by atoms with Crippen LogP contribution >= 0.6 is 11.6 Å². The number of methoxy groups -OCH3 is 1. The van der Waals surface area contributed by atoms with Crippen molar-refractivity contribution >= 4 is 23.4 Å². The zero-order chi connectivity index (χ0) is 21.2. The maximum absolute atomic E-state index is 12.9. The highest BCUT2D eigenvalue weighted by Gasteiger charge is 2.25. The second-order valence-electron chi connectivity index (χ2n) is 6.57. The van der Waals surface area contributed by atoms with E-state index < -0.39 is 6.04 Å². The SMILES string of the molecule is CNC(=O)C(C)N(Cc1cccc(OC)c1)C(=O)CCCOc1ccc(Cl)cc1. The molecule has 0 aliphatic carbocycles. The molecule has 2 rings (SSSR count). The van der Waals surface area contributed by atoms with Gasteiger partial charge in [0.05, 0.1) is 13.7 Å². The summed E-state index contributed by atoms with van der Waals surface area (Å²) in [6.45, 7) is 2.44. The molecule has 0 heterocycles. The van der Waals surface area contributed by atoms with Gasteiger partial charge in [-0.1, -0.05) is 23.7 Å². The molecule has 0 radical (unpaired) electrons. The van der Waals surface area contributed by atoms with Gasteiger partial charge in [0.15, 0.2) is 0 Å². The normalized spacial score (nSPS) is 11.4. The van der Waals surface area contributed by atoms with Gasteiger partial charge in [0.25, 0.3) is 0 Å². The van der Waals surface area contributed by atoms with E-state index in [1.54, 1.807) is 50.2 Å². The molecule has 0 saturated carbocycles. The number of nitrogens with zero attached hydrogens (tertiary/aromatic N) is 1. The summed E-state index contributed by atoms with van der Waals surface area (Å²) < 4.78 is 10.9. The number of likely N-dealkylation sites (N-methyl/N-ethyl adjacent to an activating group) is 1. The molecule has 1 unspecified atom stereocenters. The van der Waals surface area contributed by atoms with Gasteiger partial charge >= 0.3 is 0 Å². The van der Waals surface area contributed by atoms with E-state index >= 15 is 0 Å². The summed E-state index contributed by atoms with van der Waals surface area (Å²) in [4.78, 5) is 26.6. The van der Waals surface area contributed by atoms with Crippen LogP contribution in [0.25, 0.3) is 0 Å². The van der Waals surface area contributed by atoms with Crippen molar-refractivity contribution in [1.82, 2.24) is 10.2 Å². The number of hydrogen-bond acceptors (Lipinski definition) is 4. The molecule has 2 aromatic rings. The van der Waals surface area contributed by atoms with Crippen LogP contribution in [0.5, 0.6) is 11.5 Å². The summed E-state index contributed by atoms with van der Waals surface area (Å²) in [5, 5.41) is 3.25. The minimum Gasteiger partial charge on any atom is -0.497 e. The number of carbonyl (C=O) groups excluding carboxylic acids is 2. The van der Waals surface area contributed by atoms with Crippen molar-refractivity contribution in [3.8, 4) is 11.5 Å². The summed E-state index contributed by atoms with van der Waals surface area (Å²) in [5.74, 6) is 1.09. The van der Waals surface area contributed by atoms with E-state index in [0.717, 1.165) is 5.56 Å². The molecule has 0 aromatic heterocycles. The van der Waals surface area contributed by atoms with Crippen LogP contribution in [0.3, 0.4) is 0 Å². The van der Waals surface area contributed by atoms with Crippen molar-refractivity contribution in [1.29, 1.82) is 0 Å². The fourth-order valence-electron chi connectivity index (χ4n) is 2.85. The van der Waals surface area contributed by atoms with Gasteiger partial charge in [-0.3, -0.25) is 9.59 Å². The Kier molecular flexibility index (Phi) is 8.80. The van der Waals surface area contributed by atoms with Gasteiger partial charge in [-0.15, -0.1) is 0 Å². The molecule has 0 aliphatic heterocycles. The maximum Gasteiger partial charge on any atom is 0.242 e. The molecule has 29 heavy (non-hydrogen) atoms. The highest BCUT2D eigenvalue weighted by atomic mass is 35.5. The largest absolute Gasteiger partial charge is 0.497 e. The smallest absolute Gasteiger partial charge is 0.242 e. The lowest BCUT2D eigenvalue weighted by Gasteiger charge is -2.28. The van der Waals surface area contributed by atoms with E-state index in [2.05, 4.69) is 5.32 Å². The number of carbonyl (C=O) groups is 2. The third kappa shape index (κ3) is 6.98. The molecule has 7 heteroatoms. The van der Waals surface area contributed by atoms with E-state index in [0.29, 0.717) is 36.1 Å². The van der Waals surface area contributed by atoms with Crippen LogP contribution in [0.2, 0.25) is 5.02 Å². The first-order chi connectivity index (χ1) is 13.9. The summed E-state index contributed by atoms with van der Waals surface area (Å²) in [6, 6.07) is 14.0. The summed E-state index contributed by atoms with van der Waals surface area (Å²) >= 11 is 5.86. The van der Waals surface area contributed by atoms with Crippen molar-refractivity contribution in [3.63, 3.8) is 0 Å². The molecule has 0 fully saturated rings. The monoisotopic (exact) mass is 418 g/mol. The molecule has 156 valence electrons. The van der Waals surface area contributed by atoms with Crippen LogP contribution in [-0.2, 0) is 16.1 Å². The number of halogens is 1.